The van der Waals surface area contributed by atoms with Crippen LogP contribution in [0.5, 0.6) is 0 Å². The zero-order valence-corrected chi connectivity index (χ0v) is 30.5. The lowest BCUT2D eigenvalue weighted by Crippen LogP contribution is -2.35. The number of aliphatic hydroxyl groups excluding tert-OH is 1. The van der Waals surface area contributed by atoms with E-state index in [1.54, 1.807) is 0 Å². The minimum absolute atomic E-state index is 0.0361. The number of aliphatic hydroxyl groups is 1. The maximum absolute atomic E-state index is 14.6. The van der Waals surface area contributed by atoms with Crippen LogP contribution in [0.2, 0.25) is 0 Å². The summed E-state index contributed by atoms with van der Waals surface area (Å²) < 4.78 is 120. The molecule has 0 amide bonds. The standard InChI is InChI=1S/C20H26F4O.C20H24F4O.CH4O/c2*1-2-3-12-4-6-13(7-5-12)15-10-18(23)20(25-11-15)14-8-16(21)19(24)17(22)9-14;1-2/h8-9,12-13,15,18,20H,2-7,10-11H2,1H3;8-9,12-13,15H,2-7,10-11H2,1H3;2H,1H3. The van der Waals surface area contributed by atoms with Gasteiger partial charge in [-0.05, 0) is 91.5 Å². The Balaban J connectivity index is 0.000000222. The largest absolute Gasteiger partial charge is 0.490 e. The number of hydrogen-bond donors (Lipinski definition) is 1. The van der Waals surface area contributed by atoms with E-state index in [-0.39, 0.29) is 35.1 Å². The Morgan fingerprint density at radius 3 is 1.52 bits per heavy atom. The first-order valence-corrected chi connectivity index (χ1v) is 19.0. The molecule has 4 atom stereocenters. The van der Waals surface area contributed by atoms with Crippen molar-refractivity contribution in [3.05, 3.63) is 76.1 Å². The molecule has 0 radical (unpaired) electrons. The minimum Gasteiger partial charge on any atom is -0.490 e. The van der Waals surface area contributed by atoms with Crippen LogP contribution in [0, 0.1) is 70.4 Å². The van der Waals surface area contributed by atoms with Gasteiger partial charge in [-0.15, -0.1) is 0 Å². The maximum Gasteiger partial charge on any atom is 0.194 e. The van der Waals surface area contributed by atoms with Crippen molar-refractivity contribution < 1.29 is 49.7 Å². The van der Waals surface area contributed by atoms with Crippen LogP contribution in [0.1, 0.15) is 121 Å². The molecule has 0 bridgehead atoms. The lowest BCUT2D eigenvalue weighted by atomic mass is 9.72. The SMILES string of the molecule is CCCC1CCC(C2COC(c3cc(F)c(F)c(F)c3)=C(F)C2)CC1.CCCC1CCC(C2COC(c3cc(F)c(F)c(F)c3)C(F)C2)CC1.CO. The van der Waals surface area contributed by atoms with Crippen LogP contribution >= 0.6 is 0 Å². The first-order chi connectivity index (χ1) is 25.0. The number of halogens is 8. The molecule has 2 aliphatic heterocycles. The molecule has 2 aliphatic carbocycles. The molecule has 0 aromatic heterocycles. The van der Waals surface area contributed by atoms with Crippen molar-refractivity contribution >= 4 is 5.76 Å². The second kappa shape index (κ2) is 20.1. The molecule has 2 heterocycles. The van der Waals surface area contributed by atoms with Gasteiger partial charge in [0, 0.05) is 25.0 Å². The van der Waals surface area contributed by atoms with Crippen molar-refractivity contribution in [3.63, 3.8) is 0 Å². The summed E-state index contributed by atoms with van der Waals surface area (Å²) in [5, 5.41) is 7.00. The fourth-order valence-corrected chi connectivity index (χ4v) is 8.78. The lowest BCUT2D eigenvalue weighted by molar-refractivity contribution is -0.0874. The van der Waals surface area contributed by atoms with Gasteiger partial charge in [-0.3, -0.25) is 0 Å². The molecule has 2 saturated carbocycles. The van der Waals surface area contributed by atoms with Crippen LogP contribution < -0.4 is 0 Å². The highest BCUT2D eigenvalue weighted by Crippen LogP contribution is 2.44. The molecule has 0 spiro atoms. The van der Waals surface area contributed by atoms with Gasteiger partial charge in [-0.2, -0.15) is 0 Å². The van der Waals surface area contributed by atoms with Crippen LogP contribution in [-0.4, -0.2) is 31.6 Å². The summed E-state index contributed by atoms with van der Waals surface area (Å²) in [4.78, 5) is 0. The Morgan fingerprint density at radius 1 is 0.615 bits per heavy atom. The average molecular weight is 747 g/mol. The molecule has 4 unspecified atom stereocenters. The van der Waals surface area contributed by atoms with Crippen LogP contribution in [0.25, 0.3) is 5.76 Å². The van der Waals surface area contributed by atoms with Crippen molar-refractivity contribution in [1.29, 1.82) is 0 Å². The van der Waals surface area contributed by atoms with E-state index in [4.69, 9.17) is 14.6 Å². The van der Waals surface area contributed by atoms with E-state index in [0.29, 0.717) is 31.5 Å². The first kappa shape index (κ1) is 42.1. The second-order valence-electron chi connectivity index (χ2n) is 15.0. The molecule has 52 heavy (non-hydrogen) atoms. The van der Waals surface area contributed by atoms with E-state index in [0.717, 1.165) is 68.9 Å². The van der Waals surface area contributed by atoms with Gasteiger partial charge < -0.3 is 14.6 Å². The highest BCUT2D eigenvalue weighted by Gasteiger charge is 2.38. The number of allylic oxidation sites excluding steroid dienone is 1. The molecule has 1 N–H and O–H groups in total. The predicted octanol–water partition coefficient (Wildman–Crippen LogP) is 12.1. The van der Waals surface area contributed by atoms with Gasteiger partial charge in [0.2, 0.25) is 0 Å². The molecule has 4 aliphatic rings. The van der Waals surface area contributed by atoms with Gasteiger partial charge in [0.15, 0.2) is 40.7 Å². The van der Waals surface area contributed by atoms with Gasteiger partial charge in [0.1, 0.15) is 18.1 Å². The quantitative estimate of drug-likeness (QED) is 0.216. The number of benzene rings is 2. The topological polar surface area (TPSA) is 38.7 Å². The van der Waals surface area contributed by atoms with Crippen LogP contribution in [0.15, 0.2) is 30.1 Å². The van der Waals surface area contributed by atoms with Gasteiger partial charge in [-0.25, -0.2) is 35.1 Å². The fourth-order valence-electron chi connectivity index (χ4n) is 8.78. The Hall–Kier alpha value is -2.66. The van der Waals surface area contributed by atoms with Crippen molar-refractivity contribution in [2.75, 3.05) is 20.3 Å². The maximum atomic E-state index is 14.6. The van der Waals surface area contributed by atoms with Gasteiger partial charge in [0.05, 0.1) is 13.2 Å². The number of hydrogen-bond acceptors (Lipinski definition) is 3. The molecule has 1 saturated heterocycles. The Kier molecular flexibility index (Phi) is 16.3. The van der Waals surface area contributed by atoms with Crippen molar-refractivity contribution in [2.45, 2.75) is 116 Å². The van der Waals surface area contributed by atoms with Gasteiger partial charge >= 0.3 is 0 Å². The summed E-state index contributed by atoms with van der Waals surface area (Å²) in [6.07, 6.45) is 12.3. The normalized spacial score (nSPS) is 29.3. The lowest BCUT2D eigenvalue weighted by Gasteiger charge is -2.39. The third kappa shape index (κ3) is 10.7. The number of alkyl halides is 1. The van der Waals surface area contributed by atoms with Crippen molar-refractivity contribution in [2.24, 2.45) is 35.5 Å². The molecule has 292 valence electrons. The molecular weight excluding hydrogens is 692 g/mol. The molecule has 3 nitrogen and oxygen atoms in total. The third-order valence-electron chi connectivity index (χ3n) is 11.6. The van der Waals surface area contributed by atoms with Gasteiger partial charge in [-0.1, -0.05) is 65.2 Å². The smallest absolute Gasteiger partial charge is 0.194 e. The molecule has 3 fully saturated rings. The monoisotopic (exact) mass is 746 g/mol. The molecule has 6 rings (SSSR count). The zero-order valence-electron chi connectivity index (χ0n) is 30.5. The Bertz CT molecular complexity index is 1410. The van der Waals surface area contributed by atoms with Crippen molar-refractivity contribution in [3.8, 4) is 0 Å². The van der Waals surface area contributed by atoms with E-state index in [1.165, 1.54) is 51.4 Å². The predicted molar refractivity (Wildman–Crippen MR) is 185 cm³/mol. The molecule has 2 aromatic carbocycles. The Morgan fingerprint density at radius 2 is 1.08 bits per heavy atom. The van der Waals surface area contributed by atoms with E-state index in [9.17, 15) is 35.1 Å². The summed E-state index contributed by atoms with van der Waals surface area (Å²) in [5.74, 6) is -6.29. The fraction of sp³-hybridized carbons (Fsp3) is 0.659. The van der Waals surface area contributed by atoms with Crippen LogP contribution in [0.4, 0.5) is 35.1 Å². The Labute approximate surface area is 303 Å². The summed E-state index contributed by atoms with van der Waals surface area (Å²) in [5.41, 5.74) is -0.0481. The second-order valence-corrected chi connectivity index (χ2v) is 15.0. The summed E-state index contributed by atoms with van der Waals surface area (Å²) in [6, 6.07) is 3.24. The number of ether oxygens (including phenoxy) is 2. The third-order valence-corrected chi connectivity index (χ3v) is 11.6. The first-order valence-electron chi connectivity index (χ1n) is 19.0. The van der Waals surface area contributed by atoms with Crippen LogP contribution in [-0.2, 0) is 9.47 Å². The number of rotatable bonds is 8. The molecule has 11 heteroatoms. The van der Waals surface area contributed by atoms with Crippen molar-refractivity contribution in [1.82, 2.24) is 0 Å². The van der Waals surface area contributed by atoms with E-state index >= 15 is 0 Å². The highest BCUT2D eigenvalue weighted by molar-refractivity contribution is 5.62. The van der Waals surface area contributed by atoms with E-state index in [2.05, 4.69) is 13.8 Å². The highest BCUT2D eigenvalue weighted by atomic mass is 19.2. The summed E-state index contributed by atoms with van der Waals surface area (Å²) in [7, 11) is 1.00. The molecular formula is C41H54F8O3. The zero-order chi connectivity index (χ0) is 37.9. The van der Waals surface area contributed by atoms with Gasteiger partial charge in [0.25, 0.3) is 0 Å². The minimum atomic E-state index is -1.55. The van der Waals surface area contributed by atoms with E-state index in [1.807, 2.05) is 0 Å². The average Bonchev–Trinajstić information content (AvgIpc) is 3.14. The summed E-state index contributed by atoms with van der Waals surface area (Å²) in [6.45, 7) is 5.14. The van der Waals surface area contributed by atoms with E-state index < -0.39 is 53.0 Å². The molecule has 2 aromatic rings. The van der Waals surface area contributed by atoms with Crippen LogP contribution in [0.3, 0.4) is 0 Å². The summed E-state index contributed by atoms with van der Waals surface area (Å²) >= 11 is 0.